The lowest BCUT2D eigenvalue weighted by atomic mass is 10.2. The first-order valence-electron chi connectivity index (χ1n) is 5.23. The first-order valence-corrected chi connectivity index (χ1v) is 5.23. The average Bonchev–Trinajstić information content (AvgIpc) is 2.27. The van der Waals surface area contributed by atoms with Crippen LogP contribution >= 0.6 is 0 Å². The standard InChI is InChI=1S/C11H16N2O3/c1-5-7(2)13-8(3)9(6-14)10(15)12(4)11(13)16/h6-7H,5H2,1-4H3. The van der Waals surface area contributed by atoms with Crippen molar-refractivity contribution in [2.75, 3.05) is 0 Å². The van der Waals surface area contributed by atoms with Crippen LogP contribution in [0.5, 0.6) is 0 Å². The maximum atomic E-state index is 11.9. The number of carbonyl (C=O) groups excluding carboxylic acids is 1. The van der Waals surface area contributed by atoms with Crippen molar-refractivity contribution in [1.29, 1.82) is 0 Å². The van der Waals surface area contributed by atoms with Gasteiger partial charge in [-0.15, -0.1) is 0 Å². The number of aromatic nitrogens is 2. The van der Waals surface area contributed by atoms with Crippen molar-refractivity contribution in [3.63, 3.8) is 0 Å². The molecule has 5 nitrogen and oxygen atoms in total. The third-order valence-electron chi connectivity index (χ3n) is 2.93. The maximum Gasteiger partial charge on any atom is 0.331 e. The van der Waals surface area contributed by atoms with Crippen LogP contribution in [-0.2, 0) is 7.05 Å². The van der Waals surface area contributed by atoms with Crippen LogP contribution < -0.4 is 11.2 Å². The van der Waals surface area contributed by atoms with Crippen molar-refractivity contribution in [2.45, 2.75) is 33.2 Å². The normalized spacial score (nSPS) is 12.5. The lowest BCUT2D eigenvalue weighted by Crippen LogP contribution is -2.42. The number of hydrogen-bond donors (Lipinski definition) is 0. The summed E-state index contributed by atoms with van der Waals surface area (Å²) in [4.78, 5) is 34.4. The fraction of sp³-hybridized carbons (Fsp3) is 0.545. The molecular weight excluding hydrogens is 208 g/mol. The van der Waals surface area contributed by atoms with Gasteiger partial charge in [0.25, 0.3) is 5.56 Å². The molecule has 0 saturated heterocycles. The molecule has 0 N–H and O–H groups in total. The highest BCUT2D eigenvalue weighted by molar-refractivity contribution is 5.75. The van der Waals surface area contributed by atoms with Crippen LogP contribution in [0.25, 0.3) is 0 Å². The topological polar surface area (TPSA) is 61.1 Å². The van der Waals surface area contributed by atoms with Gasteiger partial charge in [0.2, 0.25) is 0 Å². The minimum atomic E-state index is -0.531. The molecule has 0 aliphatic rings. The first kappa shape index (κ1) is 12.4. The van der Waals surface area contributed by atoms with Gasteiger partial charge in [0.05, 0.1) is 5.56 Å². The Morgan fingerprint density at radius 1 is 1.38 bits per heavy atom. The van der Waals surface area contributed by atoms with Crippen LogP contribution in [0.4, 0.5) is 0 Å². The number of hydrogen-bond acceptors (Lipinski definition) is 3. The van der Waals surface area contributed by atoms with E-state index in [1.54, 1.807) is 6.92 Å². The van der Waals surface area contributed by atoms with E-state index in [2.05, 4.69) is 0 Å². The summed E-state index contributed by atoms with van der Waals surface area (Å²) in [6.45, 7) is 5.45. The summed E-state index contributed by atoms with van der Waals surface area (Å²) in [5.74, 6) is 0. The second-order valence-corrected chi connectivity index (χ2v) is 3.89. The molecule has 1 heterocycles. The van der Waals surface area contributed by atoms with Gasteiger partial charge >= 0.3 is 5.69 Å². The second kappa shape index (κ2) is 4.47. The molecule has 0 aliphatic carbocycles. The van der Waals surface area contributed by atoms with E-state index in [9.17, 15) is 14.4 Å². The molecule has 1 rings (SSSR count). The third-order valence-corrected chi connectivity index (χ3v) is 2.93. The van der Waals surface area contributed by atoms with E-state index in [1.807, 2.05) is 13.8 Å². The zero-order valence-electron chi connectivity index (χ0n) is 9.98. The summed E-state index contributed by atoms with van der Waals surface area (Å²) in [6, 6.07) is -0.0296. The highest BCUT2D eigenvalue weighted by atomic mass is 16.2. The number of carbonyl (C=O) groups is 1. The van der Waals surface area contributed by atoms with E-state index in [4.69, 9.17) is 0 Å². The van der Waals surface area contributed by atoms with Gasteiger partial charge in [-0.1, -0.05) is 6.92 Å². The zero-order chi connectivity index (χ0) is 12.5. The van der Waals surface area contributed by atoms with E-state index in [0.717, 1.165) is 11.0 Å². The molecule has 0 bridgehead atoms. The molecule has 5 heteroatoms. The molecular formula is C11H16N2O3. The second-order valence-electron chi connectivity index (χ2n) is 3.89. The summed E-state index contributed by atoms with van der Waals surface area (Å²) in [6.07, 6.45) is 1.27. The molecule has 1 aromatic rings. The Morgan fingerprint density at radius 3 is 2.38 bits per heavy atom. The van der Waals surface area contributed by atoms with E-state index >= 15 is 0 Å². The van der Waals surface area contributed by atoms with Crippen molar-refractivity contribution in [1.82, 2.24) is 9.13 Å². The van der Waals surface area contributed by atoms with Crippen molar-refractivity contribution in [2.24, 2.45) is 7.05 Å². The highest BCUT2D eigenvalue weighted by Crippen LogP contribution is 2.10. The van der Waals surface area contributed by atoms with Crippen LogP contribution in [0.15, 0.2) is 9.59 Å². The van der Waals surface area contributed by atoms with Crippen LogP contribution in [0.1, 0.15) is 42.4 Å². The van der Waals surface area contributed by atoms with E-state index in [-0.39, 0.29) is 17.3 Å². The predicted molar refractivity (Wildman–Crippen MR) is 61.1 cm³/mol. The Morgan fingerprint density at radius 2 is 1.94 bits per heavy atom. The Labute approximate surface area is 93.3 Å². The summed E-state index contributed by atoms with van der Waals surface area (Å²) >= 11 is 0. The Bertz CT molecular complexity index is 525. The lowest BCUT2D eigenvalue weighted by molar-refractivity contribution is 0.111. The summed E-state index contributed by atoms with van der Waals surface area (Å²) in [5, 5.41) is 0. The Kier molecular flexibility index (Phi) is 3.47. The largest absolute Gasteiger partial charge is 0.331 e. The minimum Gasteiger partial charge on any atom is -0.298 e. The van der Waals surface area contributed by atoms with Gasteiger partial charge in [-0.05, 0) is 20.3 Å². The van der Waals surface area contributed by atoms with Crippen LogP contribution in [0, 0.1) is 6.92 Å². The van der Waals surface area contributed by atoms with Crippen LogP contribution in [0.2, 0.25) is 0 Å². The van der Waals surface area contributed by atoms with Gasteiger partial charge in [0.1, 0.15) is 0 Å². The van der Waals surface area contributed by atoms with E-state index < -0.39 is 5.56 Å². The molecule has 0 amide bonds. The monoisotopic (exact) mass is 224 g/mol. The molecule has 16 heavy (non-hydrogen) atoms. The molecule has 0 radical (unpaired) electrons. The van der Waals surface area contributed by atoms with Gasteiger partial charge in [-0.25, -0.2) is 4.79 Å². The van der Waals surface area contributed by atoms with Crippen LogP contribution in [-0.4, -0.2) is 15.4 Å². The van der Waals surface area contributed by atoms with Crippen LogP contribution in [0.3, 0.4) is 0 Å². The third kappa shape index (κ3) is 1.73. The zero-order valence-corrected chi connectivity index (χ0v) is 9.98. The summed E-state index contributed by atoms with van der Waals surface area (Å²) in [5.41, 5.74) is -0.403. The van der Waals surface area contributed by atoms with Crippen molar-refractivity contribution in [3.8, 4) is 0 Å². The van der Waals surface area contributed by atoms with Crippen molar-refractivity contribution >= 4 is 6.29 Å². The molecule has 0 aromatic carbocycles. The van der Waals surface area contributed by atoms with Gasteiger partial charge in [0, 0.05) is 18.8 Å². The highest BCUT2D eigenvalue weighted by Gasteiger charge is 2.16. The van der Waals surface area contributed by atoms with Crippen molar-refractivity contribution < 1.29 is 4.79 Å². The molecule has 1 atom stereocenters. The van der Waals surface area contributed by atoms with Crippen molar-refractivity contribution in [3.05, 3.63) is 32.1 Å². The molecule has 88 valence electrons. The summed E-state index contributed by atoms with van der Waals surface area (Å²) < 4.78 is 2.47. The van der Waals surface area contributed by atoms with E-state index in [1.165, 1.54) is 11.6 Å². The van der Waals surface area contributed by atoms with Gasteiger partial charge in [-0.3, -0.25) is 18.7 Å². The molecule has 1 aromatic heterocycles. The lowest BCUT2D eigenvalue weighted by Gasteiger charge is -2.18. The van der Waals surface area contributed by atoms with E-state index in [0.29, 0.717) is 12.0 Å². The molecule has 0 fully saturated rings. The fourth-order valence-corrected chi connectivity index (χ4v) is 1.69. The Balaban J connectivity index is 3.76. The fourth-order valence-electron chi connectivity index (χ4n) is 1.69. The SMILES string of the molecule is CCC(C)n1c(C)c(C=O)c(=O)n(C)c1=O. The maximum absolute atomic E-state index is 11.9. The minimum absolute atomic E-state index is 0.0296. The molecule has 0 spiro atoms. The smallest absolute Gasteiger partial charge is 0.298 e. The predicted octanol–water partition coefficient (Wildman–Crippen LogP) is 0.639. The van der Waals surface area contributed by atoms with Gasteiger partial charge in [-0.2, -0.15) is 0 Å². The molecule has 0 aliphatic heterocycles. The number of aldehydes is 1. The van der Waals surface area contributed by atoms with Gasteiger partial charge in [0.15, 0.2) is 6.29 Å². The quantitative estimate of drug-likeness (QED) is 0.708. The average molecular weight is 224 g/mol. The van der Waals surface area contributed by atoms with Gasteiger partial charge < -0.3 is 0 Å². The Hall–Kier alpha value is -1.65. The molecule has 1 unspecified atom stereocenters. The first-order chi connectivity index (χ1) is 7.45. The molecule has 0 saturated carbocycles. The summed E-state index contributed by atoms with van der Waals surface area (Å²) in [7, 11) is 1.38. The number of rotatable bonds is 3. The number of nitrogens with zero attached hydrogens (tertiary/aromatic N) is 2.